The van der Waals surface area contributed by atoms with Crippen LogP contribution in [-0.4, -0.2) is 18.5 Å². The molecule has 1 aromatic carbocycles. The van der Waals surface area contributed by atoms with Crippen molar-refractivity contribution in [2.24, 2.45) is 0 Å². The van der Waals surface area contributed by atoms with Gasteiger partial charge in [-0.25, -0.2) is 8.78 Å². The molecular weight excluding hydrogens is 257 g/mol. The van der Waals surface area contributed by atoms with E-state index in [-0.39, 0.29) is 0 Å². The maximum atomic E-state index is 12.7. The lowest BCUT2D eigenvalue weighted by Crippen LogP contribution is -2.45. The van der Waals surface area contributed by atoms with E-state index in [1.807, 2.05) is 0 Å². The van der Waals surface area contributed by atoms with E-state index in [0.29, 0.717) is 6.07 Å². The van der Waals surface area contributed by atoms with Crippen LogP contribution in [0, 0.1) is 5.82 Å². The highest BCUT2D eigenvalue weighted by Gasteiger charge is 2.59. The van der Waals surface area contributed by atoms with E-state index >= 15 is 0 Å². The fourth-order valence-corrected chi connectivity index (χ4v) is 0.930. The van der Waals surface area contributed by atoms with Crippen molar-refractivity contribution >= 4 is 0 Å². The van der Waals surface area contributed by atoms with Crippen LogP contribution in [-0.2, 0) is 0 Å². The van der Waals surface area contributed by atoms with Gasteiger partial charge >= 0.3 is 12.3 Å². The molecule has 96 valence electrons. The Morgan fingerprint density at radius 1 is 1.06 bits per heavy atom. The maximum absolute atomic E-state index is 12.7. The van der Waals surface area contributed by atoms with Crippen molar-refractivity contribution in [2.75, 3.05) is 0 Å². The number of ether oxygens (including phenoxy) is 1. The van der Waals surface area contributed by atoms with Crippen LogP contribution in [0.15, 0.2) is 24.3 Å². The first-order valence-corrected chi connectivity index (χ1v) is 4.16. The highest BCUT2D eigenvalue weighted by atomic mass is 19.4. The minimum absolute atomic E-state index is 0.414. The van der Waals surface area contributed by atoms with Crippen molar-refractivity contribution in [1.82, 2.24) is 0 Å². The van der Waals surface area contributed by atoms with Crippen LogP contribution in [0.4, 0.5) is 30.7 Å². The zero-order chi connectivity index (χ0) is 13.3. The normalized spacial score (nSPS) is 14.5. The van der Waals surface area contributed by atoms with E-state index in [9.17, 15) is 30.7 Å². The number of rotatable bonds is 3. The zero-order valence-corrected chi connectivity index (χ0v) is 7.94. The van der Waals surface area contributed by atoms with Gasteiger partial charge in [-0.3, -0.25) is 0 Å². The van der Waals surface area contributed by atoms with Crippen LogP contribution in [0.1, 0.15) is 0 Å². The van der Waals surface area contributed by atoms with E-state index in [2.05, 4.69) is 4.74 Å². The summed E-state index contributed by atoms with van der Waals surface area (Å²) in [6.07, 6.45) is -15.4. The third-order valence-electron chi connectivity index (χ3n) is 1.63. The zero-order valence-electron chi connectivity index (χ0n) is 7.94. The summed E-state index contributed by atoms with van der Waals surface area (Å²) in [4.78, 5) is 0. The maximum Gasteiger partial charge on any atom is 0.439 e. The first-order valence-electron chi connectivity index (χ1n) is 4.16. The van der Waals surface area contributed by atoms with Gasteiger partial charge in [-0.1, -0.05) is 6.07 Å². The molecule has 17 heavy (non-hydrogen) atoms. The van der Waals surface area contributed by atoms with Crippen LogP contribution in [0.2, 0.25) is 0 Å². The summed E-state index contributed by atoms with van der Waals surface area (Å²) in [6.45, 7) is 0. The topological polar surface area (TPSA) is 9.23 Å². The summed E-state index contributed by atoms with van der Waals surface area (Å²) < 4.78 is 89.0. The van der Waals surface area contributed by atoms with E-state index in [1.165, 1.54) is 0 Å². The molecule has 0 saturated heterocycles. The highest BCUT2D eigenvalue weighted by Crippen LogP contribution is 2.36. The SMILES string of the molecule is Fc1cccc(OC(F)(F)C(F)C(F)(F)F)c1. The van der Waals surface area contributed by atoms with Gasteiger partial charge in [0.2, 0.25) is 0 Å². The molecule has 0 aliphatic carbocycles. The number of alkyl halides is 6. The fourth-order valence-electron chi connectivity index (χ4n) is 0.930. The van der Waals surface area contributed by atoms with Crippen LogP contribution in [0.3, 0.4) is 0 Å². The molecule has 0 aliphatic rings. The van der Waals surface area contributed by atoms with Gasteiger partial charge in [0, 0.05) is 6.07 Å². The quantitative estimate of drug-likeness (QED) is 0.755. The summed E-state index contributed by atoms with van der Waals surface area (Å²) in [5.41, 5.74) is 0. The summed E-state index contributed by atoms with van der Waals surface area (Å²) >= 11 is 0. The fraction of sp³-hybridized carbons (Fsp3) is 0.333. The Hall–Kier alpha value is -1.47. The molecule has 0 fully saturated rings. The number of benzene rings is 1. The largest absolute Gasteiger partial charge is 0.439 e. The van der Waals surface area contributed by atoms with Gasteiger partial charge in [0.1, 0.15) is 11.6 Å². The summed E-state index contributed by atoms with van der Waals surface area (Å²) in [5.74, 6) is -1.90. The lowest BCUT2D eigenvalue weighted by atomic mass is 10.3. The number of hydrogen-bond donors (Lipinski definition) is 0. The number of hydrogen-bond acceptors (Lipinski definition) is 1. The van der Waals surface area contributed by atoms with Gasteiger partial charge in [0.25, 0.3) is 6.17 Å². The Morgan fingerprint density at radius 3 is 2.12 bits per heavy atom. The van der Waals surface area contributed by atoms with Gasteiger partial charge in [0.15, 0.2) is 0 Å². The van der Waals surface area contributed by atoms with Crippen molar-refractivity contribution in [3.63, 3.8) is 0 Å². The summed E-state index contributed by atoms with van der Waals surface area (Å²) in [5, 5.41) is 0. The Morgan fingerprint density at radius 2 is 1.65 bits per heavy atom. The minimum atomic E-state index is -5.77. The molecule has 0 bridgehead atoms. The molecule has 0 amide bonds. The Kier molecular flexibility index (Phi) is 3.53. The Labute approximate surface area is 90.8 Å². The molecule has 0 spiro atoms. The van der Waals surface area contributed by atoms with Crippen molar-refractivity contribution in [3.8, 4) is 5.75 Å². The van der Waals surface area contributed by atoms with Crippen molar-refractivity contribution < 1.29 is 35.5 Å². The molecule has 8 heteroatoms. The third kappa shape index (κ3) is 3.50. The van der Waals surface area contributed by atoms with Crippen molar-refractivity contribution in [1.29, 1.82) is 0 Å². The Bertz CT molecular complexity index is 387. The molecule has 1 nitrogen and oxygen atoms in total. The van der Waals surface area contributed by atoms with Gasteiger partial charge in [0.05, 0.1) is 0 Å². The van der Waals surface area contributed by atoms with E-state index in [4.69, 9.17) is 0 Å². The molecule has 1 atom stereocenters. The monoisotopic (exact) mass is 262 g/mol. The lowest BCUT2D eigenvalue weighted by molar-refractivity contribution is -0.305. The average molecular weight is 262 g/mol. The van der Waals surface area contributed by atoms with Gasteiger partial charge in [-0.05, 0) is 12.1 Å². The van der Waals surface area contributed by atoms with Crippen molar-refractivity contribution in [2.45, 2.75) is 18.5 Å². The number of halogens is 7. The predicted molar refractivity (Wildman–Crippen MR) is 42.9 cm³/mol. The second-order valence-electron chi connectivity index (χ2n) is 3.03. The van der Waals surface area contributed by atoms with Crippen LogP contribution < -0.4 is 4.74 Å². The van der Waals surface area contributed by atoms with Crippen LogP contribution >= 0.6 is 0 Å². The average Bonchev–Trinajstić information content (AvgIpc) is 2.14. The Balaban J connectivity index is 2.86. The highest BCUT2D eigenvalue weighted by molar-refractivity contribution is 5.22. The molecule has 0 aromatic heterocycles. The molecule has 1 unspecified atom stereocenters. The summed E-state index contributed by atoms with van der Waals surface area (Å²) in [6, 6.07) is 2.99. The van der Waals surface area contributed by atoms with Crippen molar-refractivity contribution in [3.05, 3.63) is 30.1 Å². The molecule has 0 radical (unpaired) electrons. The lowest BCUT2D eigenvalue weighted by Gasteiger charge is -2.22. The van der Waals surface area contributed by atoms with Gasteiger partial charge in [-0.2, -0.15) is 22.0 Å². The van der Waals surface area contributed by atoms with E-state index in [0.717, 1.165) is 18.2 Å². The van der Waals surface area contributed by atoms with E-state index < -0.39 is 30.0 Å². The molecular formula is C9H5F7O. The second kappa shape index (κ2) is 4.42. The minimum Gasteiger partial charge on any atom is -0.430 e. The third-order valence-corrected chi connectivity index (χ3v) is 1.63. The predicted octanol–water partition coefficient (Wildman–Crippen LogP) is 3.70. The van der Waals surface area contributed by atoms with Gasteiger partial charge < -0.3 is 4.74 Å². The second-order valence-corrected chi connectivity index (χ2v) is 3.03. The first kappa shape index (κ1) is 13.6. The molecule has 1 aromatic rings. The van der Waals surface area contributed by atoms with Crippen LogP contribution in [0.25, 0.3) is 0 Å². The molecule has 0 aliphatic heterocycles. The van der Waals surface area contributed by atoms with Crippen LogP contribution in [0.5, 0.6) is 5.75 Å². The summed E-state index contributed by atoms with van der Waals surface area (Å²) in [7, 11) is 0. The molecule has 0 N–H and O–H groups in total. The molecule has 0 heterocycles. The van der Waals surface area contributed by atoms with Gasteiger partial charge in [-0.15, -0.1) is 0 Å². The van der Waals surface area contributed by atoms with E-state index in [1.54, 1.807) is 0 Å². The smallest absolute Gasteiger partial charge is 0.430 e. The first-order chi connectivity index (χ1) is 7.63. The molecule has 1 rings (SSSR count). The molecule has 0 saturated carbocycles. The standard InChI is InChI=1S/C9H5F7O/c10-5-2-1-3-6(4-5)17-9(15,16)7(11)8(12,13)14/h1-4,7H.